The molecular formula is C16H6F4NNaO5S. The van der Waals surface area contributed by atoms with Crippen LogP contribution in [0, 0.1) is 46.4 Å². The van der Waals surface area contributed by atoms with E-state index >= 15 is 0 Å². The van der Waals surface area contributed by atoms with Gasteiger partial charge in [-0.25, -0.2) is 13.6 Å². The van der Waals surface area contributed by atoms with E-state index < -0.39 is 50.0 Å². The monoisotopic (exact) mass is 423 g/mol. The molecule has 0 radical (unpaired) electrons. The second kappa shape index (κ2) is 9.19. The Kier molecular flexibility index (Phi) is 7.75. The van der Waals surface area contributed by atoms with Crippen molar-refractivity contribution in [3.8, 4) is 23.7 Å². The number of esters is 1. The van der Waals surface area contributed by atoms with Crippen LogP contribution in [-0.2, 0) is 10.1 Å². The molecule has 0 spiro atoms. The van der Waals surface area contributed by atoms with Gasteiger partial charge < -0.3 is 6.16 Å². The molecular weight excluding hydrogens is 417 g/mol. The Labute approximate surface area is 179 Å². The summed E-state index contributed by atoms with van der Waals surface area (Å²) in [5, 5.41) is 8.32. The van der Waals surface area contributed by atoms with Crippen molar-refractivity contribution in [1.29, 1.82) is 5.26 Å². The summed E-state index contributed by atoms with van der Waals surface area (Å²) in [6.07, 6.45) is 0. The SMILES string of the molecule is N#CC#Cc1ccc(C(=O)Oc2c(F)c(F)c(S(=O)(=O)O)c(F)c2F)cc1.[H-].[Na+]. The maximum atomic E-state index is 13.8. The molecule has 0 aliphatic rings. The fourth-order valence-electron chi connectivity index (χ4n) is 1.85. The summed E-state index contributed by atoms with van der Waals surface area (Å²) in [7, 11) is -5.63. The molecule has 2 aromatic carbocycles. The van der Waals surface area contributed by atoms with Crippen LogP contribution in [0.2, 0.25) is 0 Å². The maximum absolute atomic E-state index is 13.8. The van der Waals surface area contributed by atoms with Crippen molar-refractivity contribution >= 4 is 16.1 Å². The molecule has 0 bridgehead atoms. The third-order valence-corrected chi connectivity index (χ3v) is 3.89. The third kappa shape index (κ3) is 4.90. The van der Waals surface area contributed by atoms with E-state index in [1.54, 1.807) is 6.07 Å². The van der Waals surface area contributed by atoms with Crippen LogP contribution in [0.25, 0.3) is 0 Å². The van der Waals surface area contributed by atoms with Gasteiger partial charge in [0.25, 0.3) is 0 Å². The van der Waals surface area contributed by atoms with Gasteiger partial charge in [-0.2, -0.15) is 22.5 Å². The van der Waals surface area contributed by atoms with Gasteiger partial charge in [-0.05, 0) is 24.3 Å². The maximum Gasteiger partial charge on any atom is 1.00 e. The average Bonchev–Trinajstić information content (AvgIpc) is 2.61. The number of hydrogen-bond acceptors (Lipinski definition) is 5. The third-order valence-electron chi connectivity index (χ3n) is 3.02. The summed E-state index contributed by atoms with van der Waals surface area (Å²) >= 11 is 0. The predicted molar refractivity (Wildman–Crippen MR) is 81.1 cm³/mol. The van der Waals surface area contributed by atoms with Crippen LogP contribution < -0.4 is 34.3 Å². The molecule has 0 saturated carbocycles. The van der Waals surface area contributed by atoms with Crippen molar-refractivity contribution < 1.29 is 71.0 Å². The molecule has 0 heterocycles. The summed E-state index contributed by atoms with van der Waals surface area (Å²) in [6.45, 7) is 0. The molecule has 12 heteroatoms. The van der Waals surface area contributed by atoms with Gasteiger partial charge in [-0.3, -0.25) is 4.55 Å². The summed E-state index contributed by atoms with van der Waals surface area (Å²) in [6, 6.07) is 6.27. The fourth-order valence-corrected chi connectivity index (χ4v) is 2.48. The molecule has 0 fully saturated rings. The minimum absolute atomic E-state index is 0. The zero-order valence-electron chi connectivity index (χ0n) is 14.8. The quantitative estimate of drug-likeness (QED) is 0.138. The topological polar surface area (TPSA) is 104 Å². The summed E-state index contributed by atoms with van der Waals surface area (Å²) in [4.78, 5) is 9.64. The molecule has 0 aliphatic carbocycles. The van der Waals surface area contributed by atoms with Gasteiger partial charge in [0.2, 0.25) is 17.4 Å². The summed E-state index contributed by atoms with van der Waals surface area (Å²) < 4.78 is 89.6. The van der Waals surface area contributed by atoms with Crippen LogP contribution in [0.5, 0.6) is 5.75 Å². The standard InChI is InChI=1S/C16H5F4NO5S.Na.H/c17-10-12(19)15(27(23,24)25)13(20)11(18)14(10)26-16(22)9-5-3-8(4-6-9)2-1-7-21;;/h3-6H,(H,23,24,25);;/q;+1;-1. The van der Waals surface area contributed by atoms with Crippen molar-refractivity contribution in [3.63, 3.8) is 0 Å². The van der Waals surface area contributed by atoms with Gasteiger partial charge in [0.05, 0.1) is 5.56 Å². The zero-order chi connectivity index (χ0) is 20.4. The molecule has 0 aromatic heterocycles. The Morgan fingerprint density at radius 3 is 1.96 bits per heavy atom. The Balaban J connectivity index is 0.00000392. The van der Waals surface area contributed by atoms with E-state index in [4.69, 9.17) is 9.81 Å². The van der Waals surface area contributed by atoms with Crippen molar-refractivity contribution in [1.82, 2.24) is 0 Å². The van der Waals surface area contributed by atoms with Gasteiger partial charge in [-0.1, -0.05) is 5.92 Å². The number of halogens is 4. The van der Waals surface area contributed by atoms with Gasteiger partial charge >= 0.3 is 45.6 Å². The average molecular weight is 423 g/mol. The minimum atomic E-state index is -5.63. The van der Waals surface area contributed by atoms with Crippen molar-refractivity contribution in [2.45, 2.75) is 4.90 Å². The Morgan fingerprint density at radius 2 is 1.54 bits per heavy atom. The number of carbonyl (C=O) groups is 1. The summed E-state index contributed by atoms with van der Waals surface area (Å²) in [5.41, 5.74) is 0.0241. The first-order valence-electron chi connectivity index (χ1n) is 6.63. The predicted octanol–water partition coefficient (Wildman–Crippen LogP) is -0.300. The van der Waals surface area contributed by atoms with E-state index in [9.17, 15) is 30.8 Å². The largest absolute Gasteiger partial charge is 1.00 e. The molecule has 1 N–H and O–H groups in total. The van der Waals surface area contributed by atoms with E-state index in [2.05, 4.69) is 16.6 Å². The Bertz CT molecular complexity index is 1130. The zero-order valence-corrected chi connectivity index (χ0v) is 16.6. The van der Waals surface area contributed by atoms with Crippen LogP contribution in [0.3, 0.4) is 0 Å². The van der Waals surface area contributed by atoms with Crippen LogP contribution in [0.4, 0.5) is 17.6 Å². The van der Waals surface area contributed by atoms with Gasteiger partial charge in [-0.15, -0.1) is 0 Å². The Morgan fingerprint density at radius 1 is 1.04 bits per heavy atom. The van der Waals surface area contributed by atoms with Gasteiger partial charge in [0, 0.05) is 11.5 Å². The molecule has 140 valence electrons. The van der Waals surface area contributed by atoms with Crippen molar-refractivity contribution in [2.24, 2.45) is 0 Å². The minimum Gasteiger partial charge on any atom is -1.00 e. The second-order valence-electron chi connectivity index (χ2n) is 4.72. The van der Waals surface area contributed by atoms with Crippen molar-refractivity contribution in [2.75, 3.05) is 0 Å². The van der Waals surface area contributed by atoms with E-state index in [-0.39, 0.29) is 36.5 Å². The molecule has 0 atom stereocenters. The normalized spacial score (nSPS) is 10.1. The first kappa shape index (κ1) is 23.6. The first-order valence-corrected chi connectivity index (χ1v) is 8.07. The van der Waals surface area contributed by atoms with Crippen LogP contribution in [-0.4, -0.2) is 18.9 Å². The fraction of sp³-hybridized carbons (Fsp3) is 0. The number of nitrogens with zero attached hydrogens (tertiary/aromatic N) is 1. The number of hydrogen-bond donors (Lipinski definition) is 1. The number of carbonyl (C=O) groups excluding carboxylic acids is 1. The molecule has 0 unspecified atom stereocenters. The van der Waals surface area contributed by atoms with E-state index in [0.717, 1.165) is 12.1 Å². The van der Waals surface area contributed by atoms with Crippen LogP contribution in [0.1, 0.15) is 17.3 Å². The number of ether oxygens (including phenoxy) is 1. The molecule has 0 aliphatic heterocycles. The Hall–Kier alpha value is -2.41. The van der Waals surface area contributed by atoms with Crippen molar-refractivity contribution in [3.05, 3.63) is 58.7 Å². The van der Waals surface area contributed by atoms with Gasteiger partial charge in [0.1, 0.15) is 0 Å². The smallest absolute Gasteiger partial charge is 1.00 e. The molecule has 28 heavy (non-hydrogen) atoms. The van der Waals surface area contributed by atoms with E-state index in [1.165, 1.54) is 12.1 Å². The number of nitriles is 1. The summed E-state index contributed by atoms with van der Waals surface area (Å²) in [5.74, 6) is -8.33. The first-order chi connectivity index (χ1) is 12.6. The molecule has 0 amide bonds. The number of benzene rings is 2. The van der Waals surface area contributed by atoms with E-state index in [0.29, 0.717) is 5.56 Å². The molecule has 2 rings (SSSR count). The molecule has 0 saturated heterocycles. The molecule has 2 aromatic rings. The number of rotatable bonds is 3. The second-order valence-corrected chi connectivity index (χ2v) is 6.08. The molecule has 6 nitrogen and oxygen atoms in total. The van der Waals surface area contributed by atoms with Gasteiger partial charge in [0.15, 0.2) is 22.6 Å². The van der Waals surface area contributed by atoms with Crippen LogP contribution >= 0.6 is 0 Å². The van der Waals surface area contributed by atoms with E-state index in [1.807, 2.05) is 0 Å². The van der Waals surface area contributed by atoms with Crippen LogP contribution in [0.15, 0.2) is 29.2 Å².